The maximum absolute atomic E-state index is 13.9. The van der Waals surface area contributed by atoms with Crippen LogP contribution in [0.1, 0.15) is 61.3 Å². The molecule has 1 N–H and O–H groups in total. The molecule has 1 saturated heterocycles. The lowest BCUT2D eigenvalue weighted by atomic mass is 10.0. The second kappa shape index (κ2) is 10.1. The molecular weight excluding hydrogens is 448 g/mol. The van der Waals surface area contributed by atoms with Crippen LogP contribution in [-0.2, 0) is 14.6 Å². The number of hydrogen-bond donors (Lipinski definition) is 1. The number of carbonyl (C=O) groups is 1. The van der Waals surface area contributed by atoms with E-state index in [4.69, 9.17) is 4.74 Å². The quantitative estimate of drug-likeness (QED) is 0.603. The molecule has 1 saturated carbocycles. The van der Waals surface area contributed by atoms with E-state index in [1.54, 1.807) is 20.1 Å². The van der Waals surface area contributed by atoms with Gasteiger partial charge >= 0.3 is 0 Å². The summed E-state index contributed by atoms with van der Waals surface area (Å²) >= 11 is 0. The Kier molecular flexibility index (Phi) is 7.33. The van der Waals surface area contributed by atoms with Gasteiger partial charge in [-0.05, 0) is 87.5 Å². The number of carbonyl (C=O) groups excluding carboxylic acids is 1. The topological polar surface area (TPSA) is 75.7 Å². The normalized spacial score (nSPS) is 19.1. The zero-order valence-electron chi connectivity index (χ0n) is 20.5. The number of hydrogen-bond acceptors (Lipinski definition) is 5. The second-order valence-corrected chi connectivity index (χ2v) is 11.9. The maximum Gasteiger partial charge on any atom is 0.241 e. The lowest BCUT2D eigenvalue weighted by Crippen LogP contribution is -2.52. The molecule has 2 fully saturated rings. The van der Waals surface area contributed by atoms with Crippen molar-refractivity contribution in [3.05, 3.63) is 59.2 Å². The van der Waals surface area contributed by atoms with Crippen LogP contribution in [0.5, 0.6) is 5.75 Å². The minimum atomic E-state index is -3.84. The van der Waals surface area contributed by atoms with Crippen molar-refractivity contribution in [2.45, 2.75) is 68.1 Å². The molecule has 4 rings (SSSR count). The van der Waals surface area contributed by atoms with Gasteiger partial charge in [-0.25, -0.2) is 8.42 Å². The van der Waals surface area contributed by atoms with Crippen LogP contribution in [0.4, 0.5) is 0 Å². The van der Waals surface area contributed by atoms with Crippen LogP contribution in [-0.4, -0.2) is 50.7 Å². The van der Waals surface area contributed by atoms with E-state index in [9.17, 15) is 13.2 Å². The van der Waals surface area contributed by atoms with Gasteiger partial charge in [0.15, 0.2) is 14.6 Å². The average Bonchev–Trinajstić information content (AvgIpc) is 3.54. The first-order valence-electron chi connectivity index (χ1n) is 12.3. The van der Waals surface area contributed by atoms with E-state index in [-0.39, 0.29) is 16.8 Å². The van der Waals surface area contributed by atoms with Crippen LogP contribution in [0.15, 0.2) is 47.4 Å². The van der Waals surface area contributed by atoms with Crippen LogP contribution in [0.3, 0.4) is 0 Å². The molecule has 34 heavy (non-hydrogen) atoms. The van der Waals surface area contributed by atoms with E-state index in [1.165, 1.54) is 0 Å². The van der Waals surface area contributed by atoms with E-state index in [0.29, 0.717) is 24.9 Å². The number of ether oxygens (including phenoxy) is 1. The Morgan fingerprint density at radius 3 is 2.44 bits per heavy atom. The molecule has 0 radical (unpaired) electrons. The highest BCUT2D eigenvalue weighted by molar-refractivity contribution is 7.93. The largest absolute Gasteiger partial charge is 0.497 e. The molecule has 0 spiro atoms. The molecule has 6 nitrogen and oxygen atoms in total. The monoisotopic (exact) mass is 484 g/mol. The van der Waals surface area contributed by atoms with Crippen molar-refractivity contribution >= 4 is 15.7 Å². The molecule has 2 aromatic carbocycles. The van der Waals surface area contributed by atoms with Crippen molar-refractivity contribution in [2.24, 2.45) is 0 Å². The molecule has 2 aromatic rings. The van der Waals surface area contributed by atoms with E-state index >= 15 is 0 Å². The molecular formula is C27H36N2O4S. The molecule has 0 bridgehead atoms. The predicted octanol–water partition coefficient (Wildman–Crippen LogP) is 4.35. The number of rotatable bonds is 8. The third kappa shape index (κ3) is 4.60. The molecule has 1 atom stereocenters. The number of likely N-dealkylation sites (tertiary alicyclic amines) is 1. The first-order chi connectivity index (χ1) is 16.3. The Morgan fingerprint density at radius 2 is 1.76 bits per heavy atom. The summed E-state index contributed by atoms with van der Waals surface area (Å²) in [5.41, 5.74) is 2.64. The lowest BCUT2D eigenvalue weighted by molar-refractivity contribution is -0.123. The fourth-order valence-corrected chi connectivity index (χ4v) is 7.88. The van der Waals surface area contributed by atoms with Gasteiger partial charge in [0.25, 0.3) is 0 Å². The van der Waals surface area contributed by atoms with E-state index in [1.807, 2.05) is 37.3 Å². The number of nitrogens with zero attached hydrogens (tertiary/aromatic N) is 1. The van der Waals surface area contributed by atoms with Crippen molar-refractivity contribution in [2.75, 3.05) is 26.7 Å². The van der Waals surface area contributed by atoms with Crippen molar-refractivity contribution in [1.82, 2.24) is 10.2 Å². The minimum Gasteiger partial charge on any atom is -0.497 e. The van der Waals surface area contributed by atoms with Gasteiger partial charge < -0.3 is 10.1 Å². The lowest BCUT2D eigenvalue weighted by Gasteiger charge is -2.32. The third-order valence-electron chi connectivity index (χ3n) is 7.49. The summed E-state index contributed by atoms with van der Waals surface area (Å²) in [6.07, 6.45) is 4.45. The van der Waals surface area contributed by atoms with Gasteiger partial charge in [-0.15, -0.1) is 0 Å². The highest BCUT2D eigenvalue weighted by atomic mass is 32.2. The zero-order chi connectivity index (χ0) is 24.3. The summed E-state index contributed by atoms with van der Waals surface area (Å²) in [7, 11) is -2.19. The predicted molar refractivity (Wildman–Crippen MR) is 134 cm³/mol. The molecule has 1 unspecified atom stereocenters. The van der Waals surface area contributed by atoms with Gasteiger partial charge in [-0.1, -0.05) is 37.1 Å². The van der Waals surface area contributed by atoms with Gasteiger partial charge in [0.1, 0.15) is 5.75 Å². The highest BCUT2D eigenvalue weighted by Gasteiger charge is 2.53. The smallest absolute Gasteiger partial charge is 0.241 e. The highest BCUT2D eigenvalue weighted by Crippen LogP contribution is 2.42. The molecule has 2 aliphatic rings. The van der Waals surface area contributed by atoms with Crippen LogP contribution >= 0.6 is 0 Å². The molecule has 7 heteroatoms. The van der Waals surface area contributed by atoms with Crippen LogP contribution in [0.2, 0.25) is 0 Å². The van der Waals surface area contributed by atoms with Crippen molar-refractivity contribution in [3.63, 3.8) is 0 Å². The summed E-state index contributed by atoms with van der Waals surface area (Å²) in [4.78, 5) is 16.4. The second-order valence-electron chi connectivity index (χ2n) is 9.72. The van der Waals surface area contributed by atoms with Gasteiger partial charge in [-0.3, -0.25) is 9.69 Å². The summed E-state index contributed by atoms with van der Waals surface area (Å²) in [6, 6.07) is 13.4. The summed E-state index contributed by atoms with van der Waals surface area (Å²) in [5.74, 6) is 0.413. The van der Waals surface area contributed by atoms with E-state index in [0.717, 1.165) is 55.6 Å². The number of benzene rings is 2. The summed E-state index contributed by atoms with van der Waals surface area (Å²) in [6.45, 7) is 5.98. The summed E-state index contributed by atoms with van der Waals surface area (Å²) in [5, 5.41) is 3.09. The Morgan fingerprint density at radius 1 is 1.06 bits per heavy atom. The SMILES string of the molecule is COc1cccc(C(CNC(=O)C2(S(=O)(=O)c3cc(C)ccc3C)CCCC2)N2CCCC2)c1. The Labute approximate surface area is 203 Å². The Balaban J connectivity index is 1.62. The van der Waals surface area contributed by atoms with Crippen LogP contribution in [0.25, 0.3) is 0 Å². The fourth-order valence-electron chi connectivity index (χ4n) is 5.48. The Bertz CT molecular complexity index is 1130. The first-order valence-corrected chi connectivity index (χ1v) is 13.7. The molecule has 1 aliphatic heterocycles. The fraction of sp³-hybridized carbons (Fsp3) is 0.519. The first kappa shape index (κ1) is 24.7. The minimum absolute atomic E-state index is 0.0246. The third-order valence-corrected chi connectivity index (χ3v) is 10.1. The van der Waals surface area contributed by atoms with Gasteiger partial charge in [0.05, 0.1) is 18.0 Å². The molecule has 1 heterocycles. The standard InChI is InChI=1S/C27H36N2O4S/c1-20-11-12-21(2)25(17-20)34(31,32)27(13-4-5-14-27)26(30)28-19-24(29-15-6-7-16-29)22-9-8-10-23(18-22)33-3/h8-12,17-18,24H,4-7,13-16,19H2,1-3H3,(H,28,30). The van der Waals surface area contributed by atoms with Gasteiger partial charge in [0.2, 0.25) is 5.91 Å². The van der Waals surface area contributed by atoms with Gasteiger partial charge in [-0.2, -0.15) is 0 Å². The number of methoxy groups -OCH3 is 1. The molecule has 184 valence electrons. The van der Waals surface area contributed by atoms with Crippen molar-refractivity contribution in [1.29, 1.82) is 0 Å². The molecule has 1 aliphatic carbocycles. The van der Waals surface area contributed by atoms with E-state index in [2.05, 4.69) is 16.3 Å². The summed E-state index contributed by atoms with van der Waals surface area (Å²) < 4.78 is 31.9. The van der Waals surface area contributed by atoms with Crippen LogP contribution in [0, 0.1) is 13.8 Å². The average molecular weight is 485 g/mol. The Hall–Kier alpha value is -2.38. The maximum atomic E-state index is 13.9. The number of nitrogens with one attached hydrogen (secondary N) is 1. The van der Waals surface area contributed by atoms with Crippen LogP contribution < -0.4 is 10.1 Å². The van der Waals surface area contributed by atoms with Gasteiger partial charge in [0, 0.05) is 6.54 Å². The zero-order valence-corrected chi connectivity index (χ0v) is 21.3. The number of amides is 1. The molecule has 0 aromatic heterocycles. The number of sulfone groups is 1. The van der Waals surface area contributed by atoms with Crippen molar-refractivity contribution < 1.29 is 17.9 Å². The van der Waals surface area contributed by atoms with Crippen molar-refractivity contribution in [3.8, 4) is 5.75 Å². The number of aryl methyl sites for hydroxylation is 2. The molecule has 1 amide bonds. The van der Waals surface area contributed by atoms with E-state index < -0.39 is 14.6 Å².